The lowest BCUT2D eigenvalue weighted by atomic mass is 10.2. The standard InChI is InChI=1S/C11H11ClN2O/c1-2-7-15-11-9-6-4-3-5-8(9)10(12)13-14-11/h3-6H,2,7H2,1H3/i1D3,2D2,7D2. The van der Waals surface area contributed by atoms with Crippen LogP contribution in [-0.2, 0) is 0 Å². The first kappa shape index (κ1) is 4.66. The number of fused-ring (bicyclic) bond motifs is 1. The van der Waals surface area contributed by atoms with Crippen LogP contribution >= 0.6 is 11.6 Å². The van der Waals surface area contributed by atoms with Crippen molar-refractivity contribution in [2.75, 3.05) is 6.56 Å². The fourth-order valence-electron chi connectivity index (χ4n) is 1.20. The van der Waals surface area contributed by atoms with E-state index >= 15 is 0 Å². The molecule has 1 aromatic carbocycles. The molecule has 0 saturated carbocycles. The van der Waals surface area contributed by atoms with Crippen molar-refractivity contribution in [1.29, 1.82) is 0 Å². The molecule has 0 spiro atoms. The van der Waals surface area contributed by atoms with Gasteiger partial charge in [0.25, 0.3) is 0 Å². The van der Waals surface area contributed by atoms with Crippen LogP contribution in [0.5, 0.6) is 5.88 Å². The van der Waals surface area contributed by atoms with Gasteiger partial charge in [-0.15, -0.1) is 10.2 Å². The van der Waals surface area contributed by atoms with Crippen LogP contribution < -0.4 is 4.74 Å². The van der Waals surface area contributed by atoms with E-state index in [1.54, 1.807) is 18.2 Å². The van der Waals surface area contributed by atoms with Crippen LogP contribution in [0.4, 0.5) is 0 Å². The first-order valence-corrected chi connectivity index (χ1v) is 4.45. The Labute approximate surface area is 103 Å². The normalized spacial score (nSPS) is 20.2. The molecule has 0 saturated heterocycles. The number of hydrogen-bond donors (Lipinski definition) is 0. The molecule has 0 amide bonds. The Morgan fingerprint density at radius 2 is 2.20 bits per heavy atom. The lowest BCUT2D eigenvalue weighted by Gasteiger charge is -2.06. The van der Waals surface area contributed by atoms with E-state index in [0.717, 1.165) is 0 Å². The first-order chi connectivity index (χ1) is 9.97. The Balaban J connectivity index is 2.49. The molecule has 4 heteroatoms. The molecule has 0 atom stereocenters. The fraction of sp³-hybridized carbons (Fsp3) is 0.273. The molecule has 1 heterocycles. The van der Waals surface area contributed by atoms with Crippen molar-refractivity contribution in [3.05, 3.63) is 29.4 Å². The summed E-state index contributed by atoms with van der Waals surface area (Å²) in [7, 11) is 0. The summed E-state index contributed by atoms with van der Waals surface area (Å²) in [5, 5.41) is 7.99. The highest BCUT2D eigenvalue weighted by Crippen LogP contribution is 2.26. The SMILES string of the molecule is [2H]C([2H])([2H])C([2H])([2H])C([2H])([2H])Oc1nnc(Cl)c2ccccc12. The van der Waals surface area contributed by atoms with Gasteiger partial charge >= 0.3 is 0 Å². The van der Waals surface area contributed by atoms with Crippen molar-refractivity contribution in [3.8, 4) is 5.88 Å². The van der Waals surface area contributed by atoms with Gasteiger partial charge in [-0.3, -0.25) is 0 Å². The van der Waals surface area contributed by atoms with E-state index in [4.69, 9.17) is 25.9 Å². The lowest BCUT2D eigenvalue weighted by molar-refractivity contribution is 0.306. The Morgan fingerprint density at radius 3 is 3.00 bits per heavy atom. The molecule has 0 aliphatic heterocycles. The number of rotatable bonds is 3. The summed E-state index contributed by atoms with van der Waals surface area (Å²) in [6, 6.07) is 6.44. The summed E-state index contributed by atoms with van der Waals surface area (Å²) in [6.45, 7) is -6.37. The minimum Gasteiger partial charge on any atom is -0.476 e. The van der Waals surface area contributed by atoms with Crippen LogP contribution in [0.3, 0.4) is 0 Å². The summed E-state index contributed by atoms with van der Waals surface area (Å²) in [5.74, 6) is -0.335. The molecule has 2 aromatic rings. The molecule has 0 N–H and O–H groups in total. The van der Waals surface area contributed by atoms with Crippen LogP contribution in [-0.4, -0.2) is 16.8 Å². The van der Waals surface area contributed by atoms with E-state index in [0.29, 0.717) is 10.8 Å². The zero-order valence-electron chi connectivity index (χ0n) is 14.5. The summed E-state index contributed by atoms with van der Waals surface area (Å²) < 4.78 is 56.7. The van der Waals surface area contributed by atoms with Crippen LogP contribution in [0, 0.1) is 0 Å². The quantitative estimate of drug-likeness (QED) is 0.812. The van der Waals surface area contributed by atoms with Crippen LogP contribution in [0.15, 0.2) is 24.3 Å². The third-order valence-corrected chi connectivity index (χ3v) is 2.09. The van der Waals surface area contributed by atoms with Crippen LogP contribution in [0.25, 0.3) is 10.8 Å². The van der Waals surface area contributed by atoms with Gasteiger partial charge in [0.2, 0.25) is 5.88 Å². The molecule has 0 radical (unpaired) electrons. The molecular formula is C11H11ClN2O. The van der Waals surface area contributed by atoms with Crippen LogP contribution in [0.1, 0.15) is 22.8 Å². The molecule has 78 valence electrons. The largest absolute Gasteiger partial charge is 0.476 e. The average molecular weight is 230 g/mol. The van der Waals surface area contributed by atoms with Crippen molar-refractivity contribution in [2.24, 2.45) is 0 Å². The van der Waals surface area contributed by atoms with E-state index in [2.05, 4.69) is 10.2 Å². The van der Waals surface area contributed by atoms with Gasteiger partial charge in [-0.05, 0) is 12.4 Å². The number of hydrogen-bond acceptors (Lipinski definition) is 3. The third-order valence-electron chi connectivity index (χ3n) is 1.81. The van der Waals surface area contributed by atoms with Crippen molar-refractivity contribution in [1.82, 2.24) is 10.2 Å². The second-order valence-electron chi connectivity index (χ2n) is 2.67. The van der Waals surface area contributed by atoms with E-state index in [1.165, 1.54) is 6.07 Å². The van der Waals surface area contributed by atoms with Crippen molar-refractivity contribution in [2.45, 2.75) is 13.2 Å². The van der Waals surface area contributed by atoms with Crippen molar-refractivity contribution < 1.29 is 14.3 Å². The predicted molar refractivity (Wildman–Crippen MR) is 60.3 cm³/mol. The van der Waals surface area contributed by atoms with Gasteiger partial charge in [0, 0.05) is 17.6 Å². The second-order valence-corrected chi connectivity index (χ2v) is 3.03. The number of aromatic nitrogens is 2. The molecule has 2 rings (SSSR count). The maximum absolute atomic E-state index is 7.66. The number of halogens is 1. The molecule has 3 nitrogen and oxygen atoms in total. The summed E-state index contributed by atoms with van der Waals surface area (Å²) >= 11 is 5.88. The summed E-state index contributed by atoms with van der Waals surface area (Å²) in [6.07, 6.45) is -3.25. The smallest absolute Gasteiger partial charge is 0.241 e. The molecular weight excluding hydrogens is 212 g/mol. The number of ether oxygens (including phenoxy) is 1. The Kier molecular flexibility index (Phi) is 1.38. The average Bonchev–Trinajstić information content (AvgIpc) is 2.41. The Bertz CT molecular complexity index is 704. The van der Waals surface area contributed by atoms with Gasteiger partial charge < -0.3 is 4.74 Å². The molecule has 0 aliphatic carbocycles. The summed E-state index contributed by atoms with van der Waals surface area (Å²) in [4.78, 5) is 0. The monoisotopic (exact) mass is 229 g/mol. The molecule has 1 aromatic heterocycles. The topological polar surface area (TPSA) is 35.0 Å². The zero-order valence-corrected chi connectivity index (χ0v) is 8.25. The first-order valence-electron chi connectivity index (χ1n) is 7.57. The van der Waals surface area contributed by atoms with Crippen molar-refractivity contribution >= 4 is 22.4 Å². The third kappa shape index (κ3) is 2.02. The van der Waals surface area contributed by atoms with E-state index in [1.807, 2.05) is 0 Å². The maximum atomic E-state index is 7.66. The highest BCUT2D eigenvalue weighted by molar-refractivity contribution is 6.34. The van der Waals surface area contributed by atoms with E-state index < -0.39 is 19.8 Å². The van der Waals surface area contributed by atoms with Gasteiger partial charge in [0.05, 0.1) is 9.30 Å². The molecule has 0 unspecified atom stereocenters. The minimum absolute atomic E-state index is 0.0716. The zero-order chi connectivity index (χ0) is 16.8. The Hall–Kier alpha value is -1.35. The molecule has 0 aliphatic rings. The maximum Gasteiger partial charge on any atom is 0.241 e. The predicted octanol–water partition coefficient (Wildman–Crippen LogP) is 3.07. The van der Waals surface area contributed by atoms with Gasteiger partial charge in [-0.25, -0.2) is 0 Å². The lowest BCUT2D eigenvalue weighted by Crippen LogP contribution is -1.99. The fourth-order valence-corrected chi connectivity index (χ4v) is 1.40. The number of nitrogens with zero attached hydrogens (tertiary/aromatic N) is 2. The van der Waals surface area contributed by atoms with Gasteiger partial charge in [-0.1, -0.05) is 36.7 Å². The van der Waals surface area contributed by atoms with Gasteiger partial charge in [0.1, 0.15) is 0 Å². The minimum atomic E-state index is -3.25. The van der Waals surface area contributed by atoms with Gasteiger partial charge in [-0.2, -0.15) is 0 Å². The molecule has 0 fully saturated rings. The van der Waals surface area contributed by atoms with Gasteiger partial charge in [0.15, 0.2) is 5.15 Å². The van der Waals surface area contributed by atoms with Crippen LogP contribution in [0.2, 0.25) is 5.15 Å². The number of benzene rings is 1. The highest BCUT2D eigenvalue weighted by Gasteiger charge is 2.07. The highest BCUT2D eigenvalue weighted by atomic mass is 35.5. The van der Waals surface area contributed by atoms with E-state index in [-0.39, 0.29) is 11.0 Å². The molecule has 15 heavy (non-hydrogen) atoms. The molecule has 0 bridgehead atoms. The summed E-state index contributed by atoms with van der Waals surface area (Å²) in [5.41, 5.74) is 0. The Morgan fingerprint density at radius 1 is 1.40 bits per heavy atom. The van der Waals surface area contributed by atoms with Crippen molar-refractivity contribution in [3.63, 3.8) is 0 Å². The second kappa shape index (κ2) is 4.45. The van der Waals surface area contributed by atoms with E-state index in [9.17, 15) is 0 Å².